The van der Waals surface area contributed by atoms with Gasteiger partial charge in [0.25, 0.3) is 0 Å². The SMILES string of the molecule is CCCCCCC/C=C\C/C=C\CCCCCCCCCCCCCCCCCCCCCC(=O)OCC(COC(=O)CCCCCCCCCCCCC)OC(=O)CCCCCCCCCCCCCC. The molecular weight excluding hydrogens is 889 g/mol. The molecule has 1 atom stereocenters. The molecule has 0 saturated heterocycles. The minimum atomic E-state index is -0.763. The molecule has 0 aromatic heterocycles. The Labute approximate surface area is 449 Å². The van der Waals surface area contributed by atoms with Crippen LogP contribution in [0.3, 0.4) is 0 Å². The van der Waals surface area contributed by atoms with Crippen molar-refractivity contribution in [3.8, 4) is 0 Å². The number of allylic oxidation sites excluding steroid dienone is 4. The summed E-state index contributed by atoms with van der Waals surface area (Å²) in [7, 11) is 0. The normalized spacial score (nSPS) is 12.1. The van der Waals surface area contributed by atoms with E-state index in [1.165, 1.54) is 257 Å². The number of rotatable bonds is 60. The summed E-state index contributed by atoms with van der Waals surface area (Å²) in [5.41, 5.74) is 0. The predicted octanol–water partition coefficient (Wildman–Crippen LogP) is 21.8. The molecule has 0 rings (SSSR count). The minimum absolute atomic E-state index is 0.0639. The highest BCUT2D eigenvalue weighted by molar-refractivity contribution is 5.71. The zero-order valence-electron chi connectivity index (χ0n) is 48.7. The van der Waals surface area contributed by atoms with Crippen LogP contribution >= 0.6 is 0 Å². The van der Waals surface area contributed by atoms with E-state index in [-0.39, 0.29) is 31.1 Å². The summed E-state index contributed by atoms with van der Waals surface area (Å²) in [5.74, 6) is -0.840. The second-order valence-electron chi connectivity index (χ2n) is 22.0. The summed E-state index contributed by atoms with van der Waals surface area (Å²) >= 11 is 0. The van der Waals surface area contributed by atoms with Crippen molar-refractivity contribution in [3.05, 3.63) is 24.3 Å². The van der Waals surface area contributed by atoms with Crippen LogP contribution < -0.4 is 0 Å². The molecule has 0 radical (unpaired) electrons. The fourth-order valence-electron chi connectivity index (χ4n) is 9.83. The van der Waals surface area contributed by atoms with Crippen molar-refractivity contribution in [1.29, 1.82) is 0 Å². The van der Waals surface area contributed by atoms with Crippen molar-refractivity contribution in [3.63, 3.8) is 0 Å². The molecule has 0 fully saturated rings. The van der Waals surface area contributed by atoms with Crippen LogP contribution in [0.5, 0.6) is 0 Å². The van der Waals surface area contributed by atoms with Gasteiger partial charge < -0.3 is 14.2 Å². The predicted molar refractivity (Wildman–Crippen MR) is 312 cm³/mol. The van der Waals surface area contributed by atoms with Crippen LogP contribution in [-0.4, -0.2) is 37.2 Å². The number of ether oxygens (including phenoxy) is 3. The maximum absolute atomic E-state index is 12.8. The standard InChI is InChI=1S/C66H124O6/c1-4-7-10-13-16-19-22-24-25-26-27-28-29-30-31-32-33-34-35-36-37-38-39-40-41-42-45-47-50-53-56-59-65(68)71-62-63(61-70-64(67)58-55-52-49-46-43-21-18-15-12-9-6-3)72-66(69)60-57-54-51-48-44-23-20-17-14-11-8-5-2/h22,24,26-27,63H,4-21,23,25,28-62H2,1-3H3/b24-22-,27-26-. The maximum atomic E-state index is 12.8. The molecule has 0 aliphatic heterocycles. The third kappa shape index (κ3) is 58.8. The van der Waals surface area contributed by atoms with Crippen LogP contribution in [-0.2, 0) is 28.6 Å². The highest BCUT2D eigenvalue weighted by Crippen LogP contribution is 2.18. The summed E-state index contributed by atoms with van der Waals surface area (Å²) in [4.78, 5) is 38.1. The van der Waals surface area contributed by atoms with Crippen molar-refractivity contribution in [2.24, 2.45) is 0 Å². The quantitative estimate of drug-likeness (QED) is 0.0261. The average Bonchev–Trinajstić information content (AvgIpc) is 3.38. The first kappa shape index (κ1) is 69.9. The molecule has 0 bridgehead atoms. The summed E-state index contributed by atoms with van der Waals surface area (Å²) in [6.07, 6.45) is 73.5. The Bertz CT molecular complexity index is 1160. The van der Waals surface area contributed by atoms with Gasteiger partial charge in [-0.05, 0) is 51.4 Å². The highest BCUT2D eigenvalue weighted by atomic mass is 16.6. The second kappa shape index (κ2) is 61.4. The molecule has 0 saturated carbocycles. The lowest BCUT2D eigenvalue weighted by molar-refractivity contribution is -0.167. The van der Waals surface area contributed by atoms with Gasteiger partial charge in [-0.2, -0.15) is 0 Å². The lowest BCUT2D eigenvalue weighted by Gasteiger charge is -2.18. The van der Waals surface area contributed by atoms with Gasteiger partial charge in [-0.15, -0.1) is 0 Å². The summed E-state index contributed by atoms with van der Waals surface area (Å²) in [6.45, 7) is 6.67. The van der Waals surface area contributed by atoms with Gasteiger partial charge in [0.1, 0.15) is 13.2 Å². The Kier molecular flexibility index (Phi) is 59.6. The van der Waals surface area contributed by atoms with Gasteiger partial charge in [-0.25, -0.2) is 0 Å². The number of unbranched alkanes of at least 4 members (excludes halogenated alkanes) is 45. The minimum Gasteiger partial charge on any atom is -0.462 e. The Morgan fingerprint density at radius 1 is 0.278 bits per heavy atom. The molecule has 1 unspecified atom stereocenters. The molecule has 0 heterocycles. The van der Waals surface area contributed by atoms with Gasteiger partial charge in [0.2, 0.25) is 0 Å². The monoisotopic (exact) mass is 1010 g/mol. The average molecular weight is 1010 g/mol. The molecule has 0 aliphatic carbocycles. The van der Waals surface area contributed by atoms with E-state index in [1.54, 1.807) is 0 Å². The van der Waals surface area contributed by atoms with Crippen molar-refractivity contribution >= 4 is 17.9 Å². The van der Waals surface area contributed by atoms with E-state index in [0.717, 1.165) is 64.2 Å². The second-order valence-corrected chi connectivity index (χ2v) is 22.0. The van der Waals surface area contributed by atoms with Crippen molar-refractivity contribution in [1.82, 2.24) is 0 Å². The molecule has 6 heteroatoms. The summed E-state index contributed by atoms with van der Waals surface area (Å²) in [6, 6.07) is 0. The maximum Gasteiger partial charge on any atom is 0.306 e. The Morgan fingerprint density at radius 2 is 0.500 bits per heavy atom. The van der Waals surface area contributed by atoms with Crippen molar-refractivity contribution in [2.45, 2.75) is 367 Å². The van der Waals surface area contributed by atoms with E-state index in [2.05, 4.69) is 45.1 Å². The largest absolute Gasteiger partial charge is 0.462 e. The molecule has 0 aliphatic rings. The third-order valence-electron chi connectivity index (χ3n) is 14.7. The first-order valence-corrected chi connectivity index (χ1v) is 32.3. The summed E-state index contributed by atoms with van der Waals surface area (Å²) < 4.78 is 16.9. The van der Waals surface area contributed by atoms with Crippen LogP contribution in [0.2, 0.25) is 0 Å². The third-order valence-corrected chi connectivity index (χ3v) is 14.7. The molecule has 0 aromatic rings. The molecule has 0 amide bonds. The number of esters is 3. The van der Waals surface area contributed by atoms with Crippen molar-refractivity contribution in [2.75, 3.05) is 13.2 Å². The van der Waals surface area contributed by atoms with E-state index in [9.17, 15) is 14.4 Å². The fraction of sp³-hybridized carbons (Fsp3) is 0.894. The molecular formula is C66H124O6. The Morgan fingerprint density at radius 3 is 0.764 bits per heavy atom. The van der Waals surface area contributed by atoms with E-state index in [0.29, 0.717) is 19.3 Å². The topological polar surface area (TPSA) is 78.9 Å². The van der Waals surface area contributed by atoms with Gasteiger partial charge in [0, 0.05) is 19.3 Å². The molecule has 424 valence electrons. The lowest BCUT2D eigenvalue weighted by atomic mass is 10.0. The molecule has 72 heavy (non-hydrogen) atoms. The Balaban J connectivity index is 4.03. The zero-order valence-corrected chi connectivity index (χ0v) is 48.7. The van der Waals surface area contributed by atoms with Gasteiger partial charge in [0.05, 0.1) is 0 Å². The lowest BCUT2D eigenvalue weighted by Crippen LogP contribution is -2.30. The molecule has 0 N–H and O–H groups in total. The smallest absolute Gasteiger partial charge is 0.306 e. The van der Waals surface area contributed by atoms with E-state index >= 15 is 0 Å². The fourth-order valence-corrected chi connectivity index (χ4v) is 9.83. The zero-order chi connectivity index (χ0) is 52.2. The highest BCUT2D eigenvalue weighted by Gasteiger charge is 2.19. The first-order chi connectivity index (χ1) is 35.5. The van der Waals surface area contributed by atoms with Gasteiger partial charge in [-0.3, -0.25) is 14.4 Å². The van der Waals surface area contributed by atoms with Crippen molar-refractivity contribution < 1.29 is 28.6 Å². The first-order valence-electron chi connectivity index (χ1n) is 32.3. The van der Waals surface area contributed by atoms with Gasteiger partial charge in [-0.1, -0.05) is 315 Å². The molecule has 6 nitrogen and oxygen atoms in total. The van der Waals surface area contributed by atoms with E-state index in [1.807, 2.05) is 0 Å². The summed E-state index contributed by atoms with van der Waals surface area (Å²) in [5, 5.41) is 0. The van der Waals surface area contributed by atoms with Crippen LogP contribution in [0.15, 0.2) is 24.3 Å². The number of hydrogen-bond donors (Lipinski definition) is 0. The molecule has 0 spiro atoms. The van der Waals surface area contributed by atoms with Gasteiger partial charge >= 0.3 is 17.9 Å². The number of carbonyl (C=O) groups is 3. The van der Waals surface area contributed by atoms with Gasteiger partial charge in [0.15, 0.2) is 6.10 Å². The number of carbonyl (C=O) groups excluding carboxylic acids is 3. The number of hydrogen-bond acceptors (Lipinski definition) is 6. The van der Waals surface area contributed by atoms with Crippen LogP contribution in [0.1, 0.15) is 361 Å². The van der Waals surface area contributed by atoms with Crippen LogP contribution in [0, 0.1) is 0 Å². The van der Waals surface area contributed by atoms with E-state index in [4.69, 9.17) is 14.2 Å². The van der Waals surface area contributed by atoms with Crippen LogP contribution in [0.25, 0.3) is 0 Å². The van der Waals surface area contributed by atoms with E-state index < -0.39 is 6.10 Å². The Hall–Kier alpha value is -2.11. The van der Waals surface area contributed by atoms with Crippen LogP contribution in [0.4, 0.5) is 0 Å². The molecule has 0 aromatic carbocycles.